The van der Waals surface area contributed by atoms with Crippen molar-refractivity contribution in [3.8, 4) is 0 Å². The van der Waals surface area contributed by atoms with Gasteiger partial charge in [-0.2, -0.15) is 0 Å². The fourth-order valence-electron chi connectivity index (χ4n) is 2.40. The molecule has 12 heteroatoms. The molecule has 120 valence electrons. The Morgan fingerprint density at radius 2 is 1.91 bits per heavy atom. The summed E-state index contributed by atoms with van der Waals surface area (Å²) in [5.74, 6) is 0. The van der Waals surface area contributed by atoms with Crippen LogP contribution in [0.4, 0.5) is 0 Å². The molecule has 0 aromatic carbocycles. The van der Waals surface area contributed by atoms with Crippen LogP contribution in [0.3, 0.4) is 0 Å². The number of nitrogens with one attached hydrogen (secondary N) is 2. The fraction of sp³-hybridized carbons (Fsp3) is 0.600. The van der Waals surface area contributed by atoms with Gasteiger partial charge in [-0.3, -0.25) is 9.78 Å². The summed E-state index contributed by atoms with van der Waals surface area (Å²) in [6, 6.07) is 0. The van der Waals surface area contributed by atoms with Gasteiger partial charge in [-0.25, -0.2) is 14.5 Å². The first-order valence-electron chi connectivity index (χ1n) is 6.31. The van der Waals surface area contributed by atoms with Crippen LogP contribution in [0, 0.1) is 0 Å². The van der Waals surface area contributed by atoms with Gasteiger partial charge in [0.25, 0.3) is 5.56 Å². The second-order valence-corrected chi connectivity index (χ2v) is 4.86. The fourth-order valence-corrected chi connectivity index (χ4v) is 2.40. The Morgan fingerprint density at radius 3 is 2.59 bits per heavy atom. The van der Waals surface area contributed by atoms with Crippen molar-refractivity contribution in [2.75, 3.05) is 6.61 Å². The predicted octanol–water partition coefficient (Wildman–Crippen LogP) is -4.22. The molecule has 0 radical (unpaired) electrons. The molecule has 0 spiro atoms. The maximum atomic E-state index is 12.0. The van der Waals surface area contributed by atoms with E-state index in [1.807, 2.05) is 5.10 Å². The zero-order chi connectivity index (χ0) is 16.0. The molecule has 0 aliphatic carbocycles. The minimum atomic E-state index is -1.68. The number of aliphatic hydroxyl groups is 4. The SMILES string of the molecule is O=c1[nH]nnc2c1[nH]c(=O)n2[C@@H]1O[C@H](CO)[C@@H](O)[C@H](O)[C@H]1O. The molecule has 0 amide bonds. The van der Waals surface area contributed by atoms with Crippen LogP contribution in [-0.4, -0.2) is 76.4 Å². The number of imidazole rings is 1. The van der Waals surface area contributed by atoms with E-state index in [1.54, 1.807) is 0 Å². The Morgan fingerprint density at radius 1 is 1.18 bits per heavy atom. The van der Waals surface area contributed by atoms with E-state index in [1.165, 1.54) is 0 Å². The largest absolute Gasteiger partial charge is 0.394 e. The average Bonchev–Trinajstić information content (AvgIpc) is 2.83. The molecule has 2 aromatic heterocycles. The summed E-state index contributed by atoms with van der Waals surface area (Å²) in [7, 11) is 0. The number of fused-ring (bicyclic) bond motifs is 1. The lowest BCUT2D eigenvalue weighted by Gasteiger charge is -2.39. The highest BCUT2D eigenvalue weighted by atomic mass is 16.6. The number of aromatic nitrogens is 5. The van der Waals surface area contributed by atoms with Crippen molar-refractivity contribution in [3.63, 3.8) is 0 Å². The minimum absolute atomic E-state index is 0.183. The highest BCUT2D eigenvalue weighted by Crippen LogP contribution is 2.28. The van der Waals surface area contributed by atoms with Gasteiger partial charge in [0.2, 0.25) is 0 Å². The summed E-state index contributed by atoms with van der Waals surface area (Å²) < 4.78 is 6.05. The summed E-state index contributed by atoms with van der Waals surface area (Å²) in [4.78, 5) is 25.8. The van der Waals surface area contributed by atoms with E-state index >= 15 is 0 Å². The summed E-state index contributed by atoms with van der Waals surface area (Å²) in [5.41, 5.74) is -1.91. The summed E-state index contributed by atoms with van der Waals surface area (Å²) in [5, 5.41) is 47.6. The topological polar surface area (TPSA) is 187 Å². The molecule has 22 heavy (non-hydrogen) atoms. The summed E-state index contributed by atoms with van der Waals surface area (Å²) in [6.07, 6.45) is -7.58. The number of aromatic amines is 2. The van der Waals surface area contributed by atoms with Crippen LogP contribution in [-0.2, 0) is 4.74 Å². The van der Waals surface area contributed by atoms with Crippen LogP contribution in [0.2, 0.25) is 0 Å². The molecular formula is C10H13N5O7. The zero-order valence-corrected chi connectivity index (χ0v) is 10.9. The van der Waals surface area contributed by atoms with Gasteiger partial charge in [-0.05, 0) is 0 Å². The first-order chi connectivity index (χ1) is 10.5. The molecule has 0 unspecified atom stereocenters. The molecule has 3 rings (SSSR count). The Labute approximate surface area is 120 Å². The third kappa shape index (κ3) is 2.05. The molecule has 2 aromatic rings. The number of nitrogens with zero attached hydrogens (tertiary/aromatic N) is 3. The van der Waals surface area contributed by atoms with Crippen molar-refractivity contribution >= 4 is 11.2 Å². The zero-order valence-electron chi connectivity index (χ0n) is 10.9. The third-order valence-electron chi connectivity index (χ3n) is 3.55. The first kappa shape index (κ1) is 14.8. The molecule has 3 heterocycles. The quantitative estimate of drug-likeness (QED) is 0.319. The number of aliphatic hydroxyl groups excluding tert-OH is 4. The number of rotatable bonds is 2. The molecule has 0 bridgehead atoms. The summed E-state index contributed by atoms with van der Waals surface area (Å²) in [6.45, 7) is -0.648. The van der Waals surface area contributed by atoms with Crippen molar-refractivity contribution in [3.05, 3.63) is 20.8 Å². The lowest BCUT2D eigenvalue weighted by atomic mass is 9.98. The molecule has 6 N–H and O–H groups in total. The first-order valence-corrected chi connectivity index (χ1v) is 6.31. The molecule has 1 fully saturated rings. The molecule has 1 aliphatic rings. The number of ether oxygens (including phenoxy) is 1. The van der Waals surface area contributed by atoms with E-state index < -0.39 is 48.5 Å². The van der Waals surface area contributed by atoms with Crippen LogP contribution in [0.15, 0.2) is 9.59 Å². The van der Waals surface area contributed by atoms with Crippen LogP contribution in [0.5, 0.6) is 0 Å². The van der Waals surface area contributed by atoms with Crippen LogP contribution < -0.4 is 11.2 Å². The van der Waals surface area contributed by atoms with Gasteiger partial charge in [-0.15, -0.1) is 5.10 Å². The second kappa shape index (κ2) is 5.26. The normalized spacial score (nSPS) is 32.5. The number of hydrogen-bond donors (Lipinski definition) is 6. The van der Waals surface area contributed by atoms with Gasteiger partial charge >= 0.3 is 5.69 Å². The lowest BCUT2D eigenvalue weighted by molar-refractivity contribution is -0.251. The van der Waals surface area contributed by atoms with Gasteiger partial charge in [0.05, 0.1) is 6.61 Å². The van der Waals surface area contributed by atoms with Gasteiger partial charge in [0.15, 0.2) is 17.4 Å². The third-order valence-corrected chi connectivity index (χ3v) is 3.55. The molecule has 5 atom stereocenters. The van der Waals surface area contributed by atoms with E-state index in [2.05, 4.69) is 15.3 Å². The van der Waals surface area contributed by atoms with Gasteiger partial charge in [0, 0.05) is 0 Å². The van der Waals surface area contributed by atoms with E-state index in [0.717, 1.165) is 4.57 Å². The van der Waals surface area contributed by atoms with Gasteiger partial charge in [-0.1, -0.05) is 5.21 Å². The van der Waals surface area contributed by atoms with Crippen molar-refractivity contribution in [1.82, 2.24) is 25.0 Å². The Balaban J connectivity index is 2.14. The van der Waals surface area contributed by atoms with Gasteiger partial charge < -0.3 is 25.2 Å². The van der Waals surface area contributed by atoms with E-state index in [-0.39, 0.29) is 11.2 Å². The summed E-state index contributed by atoms with van der Waals surface area (Å²) >= 11 is 0. The van der Waals surface area contributed by atoms with Crippen LogP contribution >= 0.6 is 0 Å². The maximum Gasteiger partial charge on any atom is 0.330 e. The second-order valence-electron chi connectivity index (χ2n) is 4.86. The van der Waals surface area contributed by atoms with Crippen molar-refractivity contribution in [1.29, 1.82) is 0 Å². The van der Waals surface area contributed by atoms with Crippen LogP contribution in [0.25, 0.3) is 11.2 Å². The molecular weight excluding hydrogens is 302 g/mol. The smallest absolute Gasteiger partial charge is 0.330 e. The Kier molecular flexibility index (Phi) is 3.54. The van der Waals surface area contributed by atoms with Crippen molar-refractivity contribution < 1.29 is 25.2 Å². The highest BCUT2D eigenvalue weighted by Gasteiger charge is 2.45. The van der Waals surface area contributed by atoms with E-state index in [0.29, 0.717) is 0 Å². The predicted molar refractivity (Wildman–Crippen MR) is 67.8 cm³/mol. The van der Waals surface area contributed by atoms with Crippen molar-refractivity contribution in [2.45, 2.75) is 30.6 Å². The van der Waals surface area contributed by atoms with Gasteiger partial charge in [0.1, 0.15) is 24.4 Å². The Hall–Kier alpha value is -2.12. The highest BCUT2D eigenvalue weighted by molar-refractivity contribution is 5.68. The monoisotopic (exact) mass is 315 g/mol. The maximum absolute atomic E-state index is 12.0. The van der Waals surface area contributed by atoms with Crippen LogP contribution in [0.1, 0.15) is 6.23 Å². The van der Waals surface area contributed by atoms with Crippen molar-refractivity contribution in [2.24, 2.45) is 0 Å². The molecule has 0 saturated carbocycles. The minimum Gasteiger partial charge on any atom is -0.394 e. The molecule has 12 nitrogen and oxygen atoms in total. The number of hydrogen-bond acceptors (Lipinski definition) is 9. The lowest BCUT2D eigenvalue weighted by Crippen LogP contribution is -2.57. The Bertz CT molecular complexity index is 795. The average molecular weight is 315 g/mol. The van der Waals surface area contributed by atoms with E-state index in [4.69, 9.17) is 9.84 Å². The molecule has 1 aliphatic heterocycles. The standard InChI is InChI=1S/C10H13N5O7/c16-1-2-4(17)5(18)6(19)9(22-2)15-7-3(11-10(15)21)8(20)13-14-12-7/h2,4-6,9,16-19H,1H2,(H,11,21)(H,12,13,20)/t2-,4-,5+,6-,9-/m1/s1. The van der Waals surface area contributed by atoms with E-state index in [9.17, 15) is 24.9 Å². The number of H-pyrrole nitrogens is 2. The molecule has 1 saturated heterocycles.